The molecular formula is C10H11BrClFO. The van der Waals surface area contributed by atoms with Gasteiger partial charge < -0.3 is 4.74 Å². The van der Waals surface area contributed by atoms with Gasteiger partial charge in [0, 0.05) is 10.4 Å². The Morgan fingerprint density at radius 1 is 1.36 bits per heavy atom. The number of aryl methyl sites for hydroxylation is 1. The first-order valence-corrected chi connectivity index (χ1v) is 5.63. The third-order valence-electron chi connectivity index (χ3n) is 1.75. The van der Waals surface area contributed by atoms with Crippen molar-refractivity contribution in [1.29, 1.82) is 0 Å². The summed E-state index contributed by atoms with van der Waals surface area (Å²) in [6, 6.07) is 5.55. The predicted octanol–water partition coefficient (Wildman–Crippen LogP) is 3.93. The molecule has 1 rings (SSSR count). The van der Waals surface area contributed by atoms with Crippen molar-refractivity contribution in [2.75, 3.05) is 12.7 Å². The van der Waals surface area contributed by atoms with Crippen LogP contribution in [-0.4, -0.2) is 12.7 Å². The second kappa shape index (κ2) is 6.25. The molecule has 0 aliphatic rings. The lowest BCUT2D eigenvalue weighted by molar-refractivity contribution is 0.191. The molecule has 1 aromatic rings. The van der Waals surface area contributed by atoms with E-state index in [1.54, 1.807) is 6.07 Å². The molecule has 0 fully saturated rings. The largest absolute Gasteiger partial charge is 0.463 e. The molecule has 0 radical (unpaired) electrons. The van der Waals surface area contributed by atoms with E-state index >= 15 is 0 Å². The summed E-state index contributed by atoms with van der Waals surface area (Å²) in [5, 5.41) is 0. The van der Waals surface area contributed by atoms with Gasteiger partial charge in [0.05, 0.1) is 0 Å². The van der Waals surface area contributed by atoms with E-state index in [0.717, 1.165) is 22.9 Å². The van der Waals surface area contributed by atoms with Gasteiger partial charge >= 0.3 is 0 Å². The molecule has 0 amide bonds. The molecule has 0 aliphatic heterocycles. The van der Waals surface area contributed by atoms with E-state index in [2.05, 4.69) is 15.9 Å². The fourth-order valence-corrected chi connectivity index (χ4v) is 1.84. The first-order chi connectivity index (χ1) is 6.76. The zero-order valence-corrected chi connectivity index (χ0v) is 9.94. The Morgan fingerprint density at radius 2 is 2.14 bits per heavy atom. The maximum Gasteiger partial charge on any atom is 0.228 e. The number of hydrogen-bond donors (Lipinski definition) is 0. The van der Waals surface area contributed by atoms with Gasteiger partial charge in [-0.25, -0.2) is 4.39 Å². The summed E-state index contributed by atoms with van der Waals surface area (Å²) in [7, 11) is 0. The van der Waals surface area contributed by atoms with Crippen LogP contribution in [0, 0.1) is 0 Å². The van der Waals surface area contributed by atoms with Crippen molar-refractivity contribution in [1.82, 2.24) is 0 Å². The lowest BCUT2D eigenvalue weighted by atomic mass is 10.1. The standard InChI is InChI=1S/C10H11BrClFO/c11-9-4-8(2-1-3-12)5-10(6-9)14-7-13/h4-6H,1-3,7H2. The van der Waals surface area contributed by atoms with E-state index in [1.807, 2.05) is 12.1 Å². The van der Waals surface area contributed by atoms with E-state index in [1.165, 1.54) is 0 Å². The normalized spacial score (nSPS) is 10.2. The van der Waals surface area contributed by atoms with E-state index < -0.39 is 6.86 Å². The average Bonchev–Trinajstić information content (AvgIpc) is 2.14. The van der Waals surface area contributed by atoms with E-state index in [0.29, 0.717) is 11.6 Å². The maximum atomic E-state index is 11.9. The predicted molar refractivity (Wildman–Crippen MR) is 59.8 cm³/mol. The third-order valence-corrected chi connectivity index (χ3v) is 2.48. The Morgan fingerprint density at radius 3 is 2.79 bits per heavy atom. The van der Waals surface area contributed by atoms with Gasteiger partial charge in [-0.15, -0.1) is 11.6 Å². The number of rotatable bonds is 5. The lowest BCUT2D eigenvalue weighted by Gasteiger charge is -2.05. The molecule has 0 heterocycles. The first-order valence-electron chi connectivity index (χ1n) is 4.30. The molecular weight excluding hydrogens is 270 g/mol. The van der Waals surface area contributed by atoms with Gasteiger partial charge in [0.15, 0.2) is 0 Å². The van der Waals surface area contributed by atoms with Gasteiger partial charge in [-0.3, -0.25) is 0 Å². The minimum absolute atomic E-state index is 0.548. The molecule has 14 heavy (non-hydrogen) atoms. The molecule has 0 bridgehead atoms. The van der Waals surface area contributed by atoms with Gasteiger partial charge in [-0.05, 0) is 36.6 Å². The van der Waals surface area contributed by atoms with E-state index in [9.17, 15) is 4.39 Å². The van der Waals surface area contributed by atoms with Gasteiger partial charge in [0.1, 0.15) is 5.75 Å². The maximum absolute atomic E-state index is 11.9. The molecule has 0 atom stereocenters. The molecule has 0 saturated heterocycles. The SMILES string of the molecule is FCOc1cc(Br)cc(CCCCl)c1. The molecule has 0 unspecified atom stereocenters. The Balaban J connectivity index is 2.73. The van der Waals surface area contributed by atoms with Crippen LogP contribution in [0.2, 0.25) is 0 Å². The van der Waals surface area contributed by atoms with E-state index in [4.69, 9.17) is 16.3 Å². The van der Waals surface area contributed by atoms with Crippen LogP contribution in [0.1, 0.15) is 12.0 Å². The van der Waals surface area contributed by atoms with Gasteiger partial charge in [0.2, 0.25) is 6.86 Å². The summed E-state index contributed by atoms with van der Waals surface area (Å²) in [4.78, 5) is 0. The topological polar surface area (TPSA) is 9.23 Å². The van der Waals surface area contributed by atoms with Crippen LogP contribution in [0.15, 0.2) is 22.7 Å². The van der Waals surface area contributed by atoms with Gasteiger partial charge in [-0.1, -0.05) is 15.9 Å². The van der Waals surface area contributed by atoms with Gasteiger partial charge in [0.25, 0.3) is 0 Å². The Kier molecular flexibility index (Phi) is 5.26. The highest BCUT2D eigenvalue weighted by Gasteiger charge is 2.00. The number of ether oxygens (including phenoxy) is 1. The highest BCUT2D eigenvalue weighted by Crippen LogP contribution is 2.22. The molecule has 4 heteroatoms. The lowest BCUT2D eigenvalue weighted by Crippen LogP contribution is -1.93. The van der Waals surface area contributed by atoms with Crippen molar-refractivity contribution in [3.05, 3.63) is 28.2 Å². The fraction of sp³-hybridized carbons (Fsp3) is 0.400. The van der Waals surface area contributed by atoms with E-state index in [-0.39, 0.29) is 0 Å². The summed E-state index contributed by atoms with van der Waals surface area (Å²) in [6.45, 7) is -0.800. The summed E-state index contributed by atoms with van der Waals surface area (Å²) in [6.07, 6.45) is 1.79. The minimum Gasteiger partial charge on any atom is -0.463 e. The second-order valence-corrected chi connectivity index (χ2v) is 4.13. The zero-order chi connectivity index (χ0) is 10.4. The summed E-state index contributed by atoms with van der Waals surface area (Å²) < 4.78 is 17.6. The van der Waals surface area contributed by atoms with Crippen LogP contribution in [0.3, 0.4) is 0 Å². The monoisotopic (exact) mass is 280 g/mol. The molecule has 1 aromatic carbocycles. The van der Waals surface area contributed by atoms with Crippen molar-refractivity contribution in [3.63, 3.8) is 0 Å². The molecule has 0 aromatic heterocycles. The first kappa shape index (κ1) is 11.8. The molecule has 0 saturated carbocycles. The van der Waals surface area contributed by atoms with Gasteiger partial charge in [-0.2, -0.15) is 0 Å². The van der Waals surface area contributed by atoms with Crippen molar-refractivity contribution < 1.29 is 9.13 Å². The van der Waals surface area contributed by atoms with Crippen LogP contribution >= 0.6 is 27.5 Å². The van der Waals surface area contributed by atoms with Crippen molar-refractivity contribution in [2.45, 2.75) is 12.8 Å². The van der Waals surface area contributed by atoms with Crippen molar-refractivity contribution in [3.8, 4) is 5.75 Å². The summed E-state index contributed by atoms with van der Waals surface area (Å²) in [5.41, 5.74) is 1.10. The van der Waals surface area contributed by atoms with Crippen LogP contribution in [0.5, 0.6) is 5.75 Å². The third kappa shape index (κ3) is 3.84. The average molecular weight is 282 g/mol. The van der Waals surface area contributed by atoms with Crippen LogP contribution in [-0.2, 0) is 6.42 Å². The van der Waals surface area contributed by atoms with Crippen LogP contribution in [0.25, 0.3) is 0 Å². The number of alkyl halides is 2. The second-order valence-electron chi connectivity index (χ2n) is 2.84. The van der Waals surface area contributed by atoms with Crippen molar-refractivity contribution >= 4 is 27.5 Å². The highest BCUT2D eigenvalue weighted by atomic mass is 79.9. The zero-order valence-electron chi connectivity index (χ0n) is 7.60. The Labute approximate surface area is 96.3 Å². The number of benzene rings is 1. The smallest absolute Gasteiger partial charge is 0.228 e. The quantitative estimate of drug-likeness (QED) is 0.743. The Bertz CT molecular complexity index is 293. The van der Waals surface area contributed by atoms with Crippen LogP contribution in [0.4, 0.5) is 4.39 Å². The minimum atomic E-state index is -0.800. The van der Waals surface area contributed by atoms with Crippen LogP contribution < -0.4 is 4.74 Å². The summed E-state index contributed by atoms with van der Waals surface area (Å²) in [5.74, 6) is 1.18. The Hall–Kier alpha value is -0.280. The molecule has 0 spiro atoms. The molecule has 0 N–H and O–H groups in total. The fourth-order valence-electron chi connectivity index (χ4n) is 1.18. The number of hydrogen-bond acceptors (Lipinski definition) is 1. The highest BCUT2D eigenvalue weighted by molar-refractivity contribution is 9.10. The molecule has 1 nitrogen and oxygen atoms in total. The number of halogens is 3. The van der Waals surface area contributed by atoms with Crippen molar-refractivity contribution in [2.24, 2.45) is 0 Å². The summed E-state index contributed by atoms with van der Waals surface area (Å²) >= 11 is 8.93. The molecule has 0 aliphatic carbocycles. The molecule has 78 valence electrons.